The number of rotatable bonds is 8. The quantitative estimate of drug-likeness (QED) is 0.636. The van der Waals surface area contributed by atoms with Gasteiger partial charge >= 0.3 is 0 Å². The van der Waals surface area contributed by atoms with E-state index in [-0.39, 0.29) is 12.5 Å². The second kappa shape index (κ2) is 9.85. The molecule has 0 saturated carbocycles. The molecule has 1 N–H and O–H groups in total. The van der Waals surface area contributed by atoms with Crippen molar-refractivity contribution in [2.45, 2.75) is 20.3 Å². The van der Waals surface area contributed by atoms with Gasteiger partial charge in [0.05, 0.1) is 18.7 Å². The summed E-state index contributed by atoms with van der Waals surface area (Å²) >= 11 is 9.66. The van der Waals surface area contributed by atoms with E-state index in [2.05, 4.69) is 21.2 Å². The van der Waals surface area contributed by atoms with E-state index in [4.69, 9.17) is 25.8 Å². The highest BCUT2D eigenvalue weighted by Gasteiger charge is 2.12. The standard InChI is InChI=1S/C20H23BrClNO4/c1-12-9-17(19(21)13(2)20(12)22)27-11-18(24)23-8-7-14-5-6-15(25-3)16(10-14)26-4/h5-6,9-10H,7-8,11H2,1-4H3,(H,23,24). The van der Waals surface area contributed by atoms with E-state index in [9.17, 15) is 4.79 Å². The van der Waals surface area contributed by atoms with Crippen LogP contribution in [0.4, 0.5) is 0 Å². The molecule has 0 saturated heterocycles. The molecule has 0 aliphatic rings. The van der Waals surface area contributed by atoms with Gasteiger partial charge in [0.25, 0.3) is 5.91 Å². The summed E-state index contributed by atoms with van der Waals surface area (Å²) in [5.74, 6) is 1.76. The summed E-state index contributed by atoms with van der Waals surface area (Å²) in [5, 5.41) is 3.54. The molecule has 0 aliphatic carbocycles. The Balaban J connectivity index is 1.85. The number of methoxy groups -OCH3 is 2. The number of halogens is 2. The van der Waals surface area contributed by atoms with Crippen LogP contribution < -0.4 is 19.5 Å². The molecule has 0 atom stereocenters. The van der Waals surface area contributed by atoms with Gasteiger partial charge in [0.15, 0.2) is 18.1 Å². The third kappa shape index (κ3) is 5.53. The van der Waals surface area contributed by atoms with Crippen LogP contribution in [0.3, 0.4) is 0 Å². The lowest BCUT2D eigenvalue weighted by atomic mass is 10.1. The Morgan fingerprint density at radius 3 is 2.48 bits per heavy atom. The second-order valence-corrected chi connectivity index (χ2v) is 7.19. The molecule has 146 valence electrons. The summed E-state index contributed by atoms with van der Waals surface area (Å²) in [6, 6.07) is 7.51. The molecule has 7 heteroatoms. The van der Waals surface area contributed by atoms with Crippen molar-refractivity contribution in [3.63, 3.8) is 0 Å². The SMILES string of the molecule is COc1ccc(CCNC(=O)COc2cc(C)c(Cl)c(C)c2Br)cc1OC. The van der Waals surface area contributed by atoms with Crippen molar-refractivity contribution in [2.24, 2.45) is 0 Å². The fraction of sp³-hybridized carbons (Fsp3) is 0.350. The van der Waals surface area contributed by atoms with Gasteiger partial charge in [0.1, 0.15) is 5.75 Å². The average molecular weight is 457 g/mol. The molecule has 1 amide bonds. The largest absolute Gasteiger partial charge is 0.493 e. The van der Waals surface area contributed by atoms with Crippen LogP contribution in [0, 0.1) is 13.8 Å². The van der Waals surface area contributed by atoms with Gasteiger partial charge in [-0.2, -0.15) is 0 Å². The van der Waals surface area contributed by atoms with E-state index in [0.717, 1.165) is 21.2 Å². The van der Waals surface area contributed by atoms with Crippen molar-refractivity contribution in [2.75, 3.05) is 27.4 Å². The summed E-state index contributed by atoms with van der Waals surface area (Å²) in [6.45, 7) is 4.23. The molecular formula is C20H23BrClNO4. The predicted octanol–water partition coefficient (Wildman–Crippen LogP) is 4.47. The second-order valence-electron chi connectivity index (χ2n) is 6.02. The Morgan fingerprint density at radius 2 is 1.81 bits per heavy atom. The maximum Gasteiger partial charge on any atom is 0.257 e. The number of carbonyl (C=O) groups is 1. The number of aryl methyl sites for hydroxylation is 1. The first kappa shape index (κ1) is 21.4. The Bertz CT molecular complexity index is 826. The first-order valence-corrected chi connectivity index (χ1v) is 9.60. The molecule has 2 aromatic rings. The lowest BCUT2D eigenvalue weighted by molar-refractivity contribution is -0.123. The fourth-order valence-corrected chi connectivity index (χ4v) is 3.27. The first-order chi connectivity index (χ1) is 12.9. The van der Waals surface area contributed by atoms with Crippen LogP contribution in [0.5, 0.6) is 17.2 Å². The van der Waals surface area contributed by atoms with Crippen LogP contribution in [-0.2, 0) is 11.2 Å². The number of ether oxygens (including phenoxy) is 3. The molecule has 0 aromatic heterocycles. The van der Waals surface area contributed by atoms with Crippen LogP contribution in [0.1, 0.15) is 16.7 Å². The molecule has 5 nitrogen and oxygen atoms in total. The average Bonchev–Trinajstić information content (AvgIpc) is 2.67. The fourth-order valence-electron chi connectivity index (χ4n) is 2.58. The van der Waals surface area contributed by atoms with E-state index < -0.39 is 0 Å². The van der Waals surface area contributed by atoms with Crippen molar-refractivity contribution in [3.05, 3.63) is 50.5 Å². The van der Waals surface area contributed by atoms with E-state index in [0.29, 0.717) is 35.2 Å². The number of hydrogen-bond donors (Lipinski definition) is 1. The van der Waals surface area contributed by atoms with Gasteiger partial charge in [-0.15, -0.1) is 0 Å². The summed E-state index contributed by atoms with van der Waals surface area (Å²) in [4.78, 5) is 12.1. The van der Waals surface area contributed by atoms with Gasteiger partial charge in [-0.1, -0.05) is 17.7 Å². The Labute approximate surface area is 173 Å². The van der Waals surface area contributed by atoms with Crippen molar-refractivity contribution in [3.8, 4) is 17.2 Å². The number of benzene rings is 2. The van der Waals surface area contributed by atoms with Crippen LogP contribution in [0.15, 0.2) is 28.7 Å². The summed E-state index contributed by atoms with van der Waals surface area (Å²) in [5.41, 5.74) is 2.84. The van der Waals surface area contributed by atoms with Crippen molar-refractivity contribution >= 4 is 33.4 Å². The van der Waals surface area contributed by atoms with Crippen LogP contribution in [0.2, 0.25) is 5.02 Å². The maximum absolute atomic E-state index is 12.1. The molecule has 27 heavy (non-hydrogen) atoms. The van der Waals surface area contributed by atoms with Gasteiger partial charge in [0, 0.05) is 11.6 Å². The van der Waals surface area contributed by atoms with Gasteiger partial charge in [-0.3, -0.25) is 4.79 Å². The Hall–Kier alpha value is -1.92. The van der Waals surface area contributed by atoms with Gasteiger partial charge in [-0.05, 0) is 71.1 Å². The Morgan fingerprint density at radius 1 is 1.11 bits per heavy atom. The molecular weight excluding hydrogens is 434 g/mol. The first-order valence-electron chi connectivity index (χ1n) is 8.43. The highest BCUT2D eigenvalue weighted by molar-refractivity contribution is 9.10. The number of carbonyl (C=O) groups excluding carboxylic acids is 1. The zero-order valence-corrected chi connectivity index (χ0v) is 18.2. The highest BCUT2D eigenvalue weighted by Crippen LogP contribution is 2.35. The van der Waals surface area contributed by atoms with Gasteiger partial charge < -0.3 is 19.5 Å². The smallest absolute Gasteiger partial charge is 0.257 e. The summed E-state index contributed by atoms with van der Waals surface area (Å²) < 4.78 is 16.9. The molecule has 0 heterocycles. The molecule has 2 aromatic carbocycles. The molecule has 0 spiro atoms. The third-order valence-electron chi connectivity index (χ3n) is 4.11. The van der Waals surface area contributed by atoms with E-state index in [1.54, 1.807) is 14.2 Å². The van der Waals surface area contributed by atoms with Gasteiger partial charge in [-0.25, -0.2) is 0 Å². The van der Waals surface area contributed by atoms with Crippen molar-refractivity contribution in [1.29, 1.82) is 0 Å². The maximum atomic E-state index is 12.1. The van der Waals surface area contributed by atoms with E-state index >= 15 is 0 Å². The highest BCUT2D eigenvalue weighted by atomic mass is 79.9. The van der Waals surface area contributed by atoms with Crippen LogP contribution >= 0.6 is 27.5 Å². The molecule has 0 fully saturated rings. The molecule has 0 unspecified atom stereocenters. The summed E-state index contributed by atoms with van der Waals surface area (Å²) in [6.07, 6.45) is 0.676. The topological polar surface area (TPSA) is 56.8 Å². The third-order valence-corrected chi connectivity index (χ3v) is 5.68. The van der Waals surface area contributed by atoms with Crippen LogP contribution in [0.25, 0.3) is 0 Å². The molecule has 0 radical (unpaired) electrons. The molecule has 2 rings (SSSR count). The number of amides is 1. The van der Waals surface area contributed by atoms with Crippen molar-refractivity contribution in [1.82, 2.24) is 5.32 Å². The lowest BCUT2D eigenvalue weighted by Gasteiger charge is -2.13. The molecule has 0 aliphatic heterocycles. The zero-order valence-electron chi connectivity index (χ0n) is 15.8. The lowest BCUT2D eigenvalue weighted by Crippen LogP contribution is -2.30. The normalized spacial score (nSPS) is 10.4. The van der Waals surface area contributed by atoms with E-state index in [1.165, 1.54) is 0 Å². The zero-order chi connectivity index (χ0) is 20.0. The minimum absolute atomic E-state index is 0.0644. The molecule has 0 bridgehead atoms. The minimum Gasteiger partial charge on any atom is -0.493 e. The number of nitrogens with one attached hydrogen (secondary N) is 1. The number of hydrogen-bond acceptors (Lipinski definition) is 4. The predicted molar refractivity (Wildman–Crippen MR) is 110 cm³/mol. The monoisotopic (exact) mass is 455 g/mol. The Kier molecular flexibility index (Phi) is 7.80. The minimum atomic E-state index is -0.187. The van der Waals surface area contributed by atoms with Crippen molar-refractivity contribution < 1.29 is 19.0 Å². The van der Waals surface area contributed by atoms with Crippen LogP contribution in [-0.4, -0.2) is 33.3 Å². The van der Waals surface area contributed by atoms with E-state index in [1.807, 2.05) is 38.1 Å². The summed E-state index contributed by atoms with van der Waals surface area (Å²) in [7, 11) is 3.19. The van der Waals surface area contributed by atoms with Gasteiger partial charge in [0.2, 0.25) is 0 Å².